The minimum atomic E-state index is -4.36. The molecule has 0 fully saturated rings. The van der Waals surface area contributed by atoms with Crippen LogP contribution in [0, 0.1) is 26.2 Å². The van der Waals surface area contributed by atoms with Crippen molar-refractivity contribution in [3.05, 3.63) is 225 Å². The molecule has 6 atom stereocenters. The van der Waals surface area contributed by atoms with Crippen molar-refractivity contribution < 1.29 is 66.0 Å². The summed E-state index contributed by atoms with van der Waals surface area (Å²) in [4.78, 5) is 102. The number of carbonyl (C=O) groups is 7. The van der Waals surface area contributed by atoms with Crippen molar-refractivity contribution >= 4 is 69.3 Å². The van der Waals surface area contributed by atoms with Crippen LogP contribution in [0.15, 0.2) is 175 Å². The second-order valence-electron chi connectivity index (χ2n) is 29.5. The van der Waals surface area contributed by atoms with E-state index in [9.17, 15) is 32.7 Å². The number of ether oxygens (including phenoxy) is 4. The van der Waals surface area contributed by atoms with Gasteiger partial charge in [-0.3, -0.25) is 29.4 Å². The summed E-state index contributed by atoms with van der Waals surface area (Å²) in [5, 5.41) is 38.4. The van der Waals surface area contributed by atoms with Crippen molar-refractivity contribution in [2.75, 3.05) is 32.1 Å². The Hall–Kier alpha value is -10.1. The minimum absolute atomic E-state index is 0.00604. The van der Waals surface area contributed by atoms with Crippen LogP contribution in [0.1, 0.15) is 137 Å². The largest absolute Gasteiger partial charge is 0.487 e. The lowest BCUT2D eigenvalue weighted by Crippen LogP contribution is -2.62. The van der Waals surface area contributed by atoms with E-state index in [0.717, 1.165) is 44.5 Å². The van der Waals surface area contributed by atoms with Gasteiger partial charge in [0.2, 0.25) is 35.5 Å². The summed E-state index contributed by atoms with van der Waals surface area (Å²) in [6, 6.07) is 45.4. The predicted molar refractivity (Wildman–Crippen MR) is 413 cm³/mol. The number of nitrogens with one attached hydrogen (secondary N) is 9. The number of carbonyl (C=O) groups excluding carboxylic acids is 6. The average Bonchev–Trinajstić information content (AvgIpc) is 1.75. The Morgan fingerprint density at radius 2 is 1.12 bits per heavy atom. The van der Waals surface area contributed by atoms with Gasteiger partial charge in [-0.05, 0) is 157 Å². The van der Waals surface area contributed by atoms with Crippen LogP contribution in [-0.2, 0) is 70.6 Å². The Kier molecular flexibility index (Phi) is 26.6. The second kappa shape index (κ2) is 35.1. The molecule has 10 N–H and O–H groups in total. The van der Waals surface area contributed by atoms with Gasteiger partial charge in [-0.25, -0.2) is 22.7 Å². The zero-order valence-electron chi connectivity index (χ0n) is 62.6. The first-order chi connectivity index (χ1) is 50.6. The molecular formula is C82H99N9O14S2. The number of aliphatic carboxylic acids is 1. The molecule has 1 heterocycles. The minimum Gasteiger partial charge on any atom is -0.487 e. The maximum absolute atomic E-state index is 15.9. The maximum atomic E-state index is 15.9. The molecule has 0 unspecified atom stereocenters. The van der Waals surface area contributed by atoms with Gasteiger partial charge in [-0.2, -0.15) is 0 Å². The number of hydrogen-bond donors (Lipinski definition) is 10. The third kappa shape index (κ3) is 21.0. The molecule has 23 nitrogen and oxygen atoms in total. The molecule has 0 aromatic heterocycles. The topological polar surface area (TPSA) is 331 Å². The van der Waals surface area contributed by atoms with Crippen molar-refractivity contribution in [3.8, 4) is 16.9 Å². The van der Waals surface area contributed by atoms with Gasteiger partial charge in [0.15, 0.2) is 6.04 Å². The Morgan fingerprint density at radius 1 is 0.617 bits per heavy atom. The van der Waals surface area contributed by atoms with Crippen molar-refractivity contribution in [2.24, 2.45) is 0 Å². The van der Waals surface area contributed by atoms with E-state index in [-0.39, 0.29) is 49.0 Å². The number of benzene rings is 7. The lowest BCUT2D eigenvalue weighted by atomic mass is 9.84. The number of sulfonamides is 1. The predicted octanol–water partition coefficient (Wildman–Crippen LogP) is 9.94. The van der Waals surface area contributed by atoms with E-state index in [2.05, 4.69) is 41.9 Å². The van der Waals surface area contributed by atoms with Gasteiger partial charge in [0.05, 0.1) is 33.6 Å². The molecule has 7 aromatic rings. The summed E-state index contributed by atoms with van der Waals surface area (Å²) < 4.78 is 54.0. The van der Waals surface area contributed by atoms with E-state index >= 15 is 14.4 Å². The third-order valence-corrected chi connectivity index (χ3v) is 21.9. The molecule has 1 aliphatic carbocycles. The normalized spacial score (nSPS) is 14.8. The van der Waals surface area contributed by atoms with Crippen molar-refractivity contribution in [2.45, 2.75) is 177 Å². The highest BCUT2D eigenvalue weighted by molar-refractivity contribution is 8.00. The zero-order valence-corrected chi connectivity index (χ0v) is 64.3. The number of amides is 6. The number of alkyl carbamates (subject to hydrolysis) is 1. The van der Waals surface area contributed by atoms with E-state index in [0.29, 0.717) is 34.4 Å². The fourth-order valence-electron chi connectivity index (χ4n) is 13.5. The number of rotatable bonds is 32. The first-order valence-corrected chi connectivity index (χ1v) is 38.3. The van der Waals surface area contributed by atoms with Crippen molar-refractivity contribution in [3.63, 3.8) is 0 Å². The standard InChI is InChI=1S/C82H99N9O14S2/c1-50-51(2)71(52(3)62-45-81(11,12)105-70(50)62)107(100,101)91-77(83)84-43-29-42-64(86-68(92)46-85-78(99)102-47-63-60-40-27-25-38-58(60)59-39-26-28-41-61(59)63)72(93)89-67(49-106-82(55-32-19-14-20-33-55,56-34-21-15-22-35-56)57-36-23-16-24-37-57)74(95)90-69(53(4)104-80(8,9)10)75(96)87-65(44-54-30-17-13-18-31-54)73(94)88-66(76(97)98)48-103-79(5,6)7/h13-28,30-41,53,63-67,69H,29,42-49H2,1-12H3,(H,85,99)(H,86,92)(H,87,96)(H,88,94)(H,89,93)(H,90,95)(H,97,98)(H3,83,84,91)/t53-,64+,65+,66+,67+,69+/m1/s1. The maximum Gasteiger partial charge on any atom is 0.407 e. The monoisotopic (exact) mass is 1500 g/mol. The highest BCUT2D eigenvalue weighted by atomic mass is 32.2. The van der Waals surface area contributed by atoms with Crippen LogP contribution in [-0.4, -0.2) is 146 Å². The molecular weight excluding hydrogens is 1400 g/mol. The van der Waals surface area contributed by atoms with E-state index in [1.807, 2.05) is 153 Å². The smallest absolute Gasteiger partial charge is 0.407 e. The van der Waals surface area contributed by atoms with Crippen LogP contribution < -0.4 is 46.7 Å². The van der Waals surface area contributed by atoms with Gasteiger partial charge >= 0.3 is 12.1 Å². The molecule has 7 aromatic carbocycles. The molecule has 0 spiro atoms. The fourth-order valence-corrected chi connectivity index (χ4v) is 16.6. The van der Waals surface area contributed by atoms with Gasteiger partial charge in [0.1, 0.15) is 48.7 Å². The molecule has 9 rings (SSSR count). The lowest BCUT2D eigenvalue weighted by Gasteiger charge is -2.37. The van der Waals surface area contributed by atoms with Gasteiger partial charge < -0.3 is 61.3 Å². The summed E-state index contributed by atoms with van der Waals surface area (Å²) in [5.41, 5.74) is 7.08. The molecule has 107 heavy (non-hydrogen) atoms. The van der Waals surface area contributed by atoms with E-state index in [1.165, 1.54) is 11.8 Å². The SMILES string of the molecule is Cc1c(C)c(S(=O)(=O)NC(=N)NCCC[C@H](NC(=O)CNC(=O)OCC2c3ccccc3-c3ccccc32)C(=O)N[C@@H](CSC(c2ccccc2)(c2ccccc2)c2ccccc2)C(=O)N[C@H](C(=O)N[C@@H](Cc2ccccc2)C(=O)N[C@@H](COC(C)(C)C)C(=O)O)[C@@H](C)OC(C)(C)C)c(C)c2c1OC(C)(C)C2. The molecule has 0 saturated carbocycles. The second-order valence-corrected chi connectivity index (χ2v) is 32.4. The fraction of sp³-hybridized carbons (Fsp3) is 0.390. The quantitative estimate of drug-likeness (QED) is 0.00811. The number of carboxylic acid groups (broad SMARTS) is 1. The van der Waals surface area contributed by atoms with Crippen molar-refractivity contribution in [1.82, 2.24) is 41.9 Å². The number of fused-ring (bicyclic) bond motifs is 4. The first kappa shape index (κ1) is 81.0. The van der Waals surface area contributed by atoms with Crippen LogP contribution in [0.3, 0.4) is 0 Å². The molecule has 1 aliphatic heterocycles. The summed E-state index contributed by atoms with van der Waals surface area (Å²) in [6.07, 6.45) is -1.93. The molecule has 0 bridgehead atoms. The van der Waals surface area contributed by atoms with E-state index in [4.69, 9.17) is 24.4 Å². The Bertz CT molecular complexity index is 4320. The zero-order chi connectivity index (χ0) is 77.6. The highest BCUT2D eigenvalue weighted by Gasteiger charge is 2.43. The molecule has 0 radical (unpaired) electrons. The summed E-state index contributed by atoms with van der Waals surface area (Å²) in [7, 11) is -4.36. The van der Waals surface area contributed by atoms with Crippen LogP contribution in [0.2, 0.25) is 0 Å². The summed E-state index contributed by atoms with van der Waals surface area (Å²) in [5.74, 6) is -6.26. The summed E-state index contributed by atoms with van der Waals surface area (Å²) >= 11 is 1.31. The van der Waals surface area contributed by atoms with E-state index < -0.39 is 129 Å². The summed E-state index contributed by atoms with van der Waals surface area (Å²) in [6.45, 7) is 19.8. The number of thioether (sulfide) groups is 1. The van der Waals surface area contributed by atoms with Gasteiger partial charge in [0, 0.05) is 36.6 Å². The van der Waals surface area contributed by atoms with Crippen LogP contribution in [0.5, 0.6) is 5.75 Å². The number of hydrogen-bond acceptors (Lipinski definition) is 15. The first-order valence-electron chi connectivity index (χ1n) is 35.8. The number of guanidine groups is 1. The van der Waals surface area contributed by atoms with Crippen molar-refractivity contribution in [1.29, 1.82) is 5.41 Å². The molecule has 568 valence electrons. The van der Waals surface area contributed by atoms with Crippen LogP contribution in [0.4, 0.5) is 4.79 Å². The van der Waals surface area contributed by atoms with E-state index in [1.54, 1.807) is 99.6 Å². The molecule has 6 amide bonds. The molecule has 2 aliphatic rings. The average molecular weight is 1500 g/mol. The third-order valence-electron chi connectivity index (χ3n) is 18.6. The molecule has 25 heteroatoms. The lowest BCUT2D eigenvalue weighted by molar-refractivity contribution is -0.146. The van der Waals surface area contributed by atoms with Crippen LogP contribution in [0.25, 0.3) is 11.1 Å². The Labute approximate surface area is 631 Å². The number of carboxylic acids is 1. The Balaban J connectivity index is 1.03. The van der Waals surface area contributed by atoms with Gasteiger partial charge in [-0.15, -0.1) is 11.8 Å². The Morgan fingerprint density at radius 3 is 1.66 bits per heavy atom. The van der Waals surface area contributed by atoms with Crippen LogP contribution >= 0.6 is 11.8 Å². The highest BCUT2D eigenvalue weighted by Crippen LogP contribution is 2.49. The molecule has 0 saturated heterocycles. The van der Waals surface area contributed by atoms with Gasteiger partial charge in [-0.1, -0.05) is 170 Å². The van der Waals surface area contributed by atoms with Gasteiger partial charge in [0.25, 0.3) is 10.0 Å².